The molecule has 0 radical (unpaired) electrons. The Morgan fingerprint density at radius 1 is 1.05 bits per heavy atom. The third-order valence-electron chi connectivity index (χ3n) is 10.0. The average molecular weight is 570 g/mol. The van der Waals surface area contributed by atoms with Crippen LogP contribution in [0.3, 0.4) is 0 Å². The van der Waals surface area contributed by atoms with Crippen LogP contribution in [-0.4, -0.2) is 75.9 Å². The molecule has 3 fully saturated rings. The van der Waals surface area contributed by atoms with E-state index < -0.39 is 5.60 Å². The summed E-state index contributed by atoms with van der Waals surface area (Å²) in [5.74, 6) is 2.93. The number of benzene rings is 1. The lowest BCUT2D eigenvalue weighted by molar-refractivity contribution is -0.0893. The molecule has 2 N–H and O–H groups in total. The number of rotatable bonds is 5. The number of ether oxygens (including phenoxy) is 1. The van der Waals surface area contributed by atoms with E-state index in [1.807, 2.05) is 24.4 Å². The van der Waals surface area contributed by atoms with E-state index in [0.29, 0.717) is 24.3 Å². The highest BCUT2D eigenvalue weighted by Gasteiger charge is 2.55. The van der Waals surface area contributed by atoms with Crippen LogP contribution in [0.5, 0.6) is 0 Å². The molecular weight excluding hydrogens is 526 g/mol. The third-order valence-corrected chi connectivity index (χ3v) is 10.0. The minimum Gasteiger partial charge on any atom is -0.384 e. The van der Waals surface area contributed by atoms with Gasteiger partial charge in [-0.25, -0.2) is 9.97 Å². The first-order valence-corrected chi connectivity index (χ1v) is 15.2. The highest BCUT2D eigenvalue weighted by Crippen LogP contribution is 2.53. The summed E-state index contributed by atoms with van der Waals surface area (Å²) >= 11 is 0. The minimum absolute atomic E-state index is 0.0867. The Kier molecular flexibility index (Phi) is 6.31. The van der Waals surface area contributed by atoms with Crippen LogP contribution in [-0.2, 0) is 15.8 Å². The maximum atomic E-state index is 10.7. The van der Waals surface area contributed by atoms with Gasteiger partial charge in [-0.3, -0.25) is 0 Å². The van der Waals surface area contributed by atoms with Crippen molar-refractivity contribution in [1.29, 1.82) is 0 Å². The first-order valence-electron chi connectivity index (χ1n) is 15.2. The van der Waals surface area contributed by atoms with Gasteiger partial charge in [0.05, 0.1) is 23.9 Å². The zero-order chi connectivity index (χ0) is 29.4. The second-order valence-electron chi connectivity index (χ2n) is 14.1. The van der Waals surface area contributed by atoms with Gasteiger partial charge in [0, 0.05) is 47.7 Å². The monoisotopic (exact) mass is 569 g/mol. The number of likely N-dealkylation sites (N-methyl/N-ethyl adjacent to an activating group) is 1. The molecule has 9 heteroatoms. The summed E-state index contributed by atoms with van der Waals surface area (Å²) in [5.41, 5.74) is 2.28. The van der Waals surface area contributed by atoms with Crippen molar-refractivity contribution in [3.63, 3.8) is 0 Å². The smallest absolute Gasteiger partial charge is 0.229 e. The van der Waals surface area contributed by atoms with E-state index in [9.17, 15) is 5.11 Å². The number of nitrogens with one attached hydrogen (secondary N) is 1. The van der Waals surface area contributed by atoms with Gasteiger partial charge in [-0.1, -0.05) is 13.0 Å². The molecule has 4 aliphatic rings. The van der Waals surface area contributed by atoms with Crippen LogP contribution in [0, 0.1) is 5.92 Å². The molecule has 222 valence electrons. The lowest BCUT2D eigenvalue weighted by atomic mass is 9.73. The van der Waals surface area contributed by atoms with Crippen molar-refractivity contribution in [1.82, 2.24) is 19.9 Å². The Morgan fingerprint density at radius 2 is 1.83 bits per heavy atom. The zero-order valence-electron chi connectivity index (χ0n) is 25.6. The van der Waals surface area contributed by atoms with E-state index in [4.69, 9.17) is 19.7 Å². The van der Waals surface area contributed by atoms with Gasteiger partial charge in [-0.05, 0) is 96.4 Å². The lowest BCUT2D eigenvalue weighted by Crippen LogP contribution is -2.54. The number of aliphatic hydroxyl groups is 1. The second kappa shape index (κ2) is 9.62. The molecule has 0 spiro atoms. The highest BCUT2D eigenvalue weighted by atomic mass is 16.5. The van der Waals surface area contributed by atoms with Gasteiger partial charge in [-0.2, -0.15) is 4.98 Å². The van der Waals surface area contributed by atoms with Crippen LogP contribution in [0.2, 0.25) is 0 Å². The molecule has 4 aliphatic heterocycles. The molecule has 3 saturated heterocycles. The van der Waals surface area contributed by atoms with Crippen molar-refractivity contribution in [2.45, 2.75) is 76.2 Å². The van der Waals surface area contributed by atoms with Crippen LogP contribution in [0.15, 0.2) is 48.7 Å². The molecular formula is C33H43N7O2. The quantitative estimate of drug-likeness (QED) is 0.443. The van der Waals surface area contributed by atoms with E-state index in [-0.39, 0.29) is 17.1 Å². The number of likely N-dealkylation sites (tertiary alicyclic amines) is 1. The Morgan fingerprint density at radius 3 is 2.57 bits per heavy atom. The Balaban J connectivity index is 1.19. The fourth-order valence-electron chi connectivity index (χ4n) is 7.43. The first-order chi connectivity index (χ1) is 19.9. The van der Waals surface area contributed by atoms with Gasteiger partial charge >= 0.3 is 0 Å². The number of anilines is 5. The second-order valence-corrected chi connectivity index (χ2v) is 14.1. The van der Waals surface area contributed by atoms with E-state index in [1.165, 1.54) is 18.7 Å². The Bertz CT molecular complexity index is 1490. The SMILES string of the molecule is CN1CC[C@H]2CN(c3ccc(Nc4ncc5c(n4)N(c4cccc(C(C)(C)O)n4)[C@H]4CC(C)(C)OC[C@@]54C)cc3)C[C@H]21. The molecule has 0 saturated carbocycles. The van der Waals surface area contributed by atoms with E-state index in [2.05, 4.69) is 72.1 Å². The van der Waals surface area contributed by atoms with Crippen molar-refractivity contribution in [3.05, 3.63) is 59.9 Å². The highest BCUT2D eigenvalue weighted by molar-refractivity contribution is 5.71. The summed E-state index contributed by atoms with van der Waals surface area (Å²) in [6.07, 6.45) is 4.06. The molecule has 2 aromatic heterocycles. The standard InChI is InChI=1S/C33H43N7O2/c1-31(2)16-27-33(5,20-42-31)24-17-34-30(37-29(24)40(27)28-9-7-8-26(36-28)32(3,4)41)35-22-10-12-23(13-11-22)39-18-21-14-15-38(6)25(21)19-39/h7-13,17,21,25,27,41H,14-16,18-20H2,1-6H3,(H,34,35,37)/t21-,25+,27-,33-/m0/s1. The third kappa shape index (κ3) is 4.62. The largest absolute Gasteiger partial charge is 0.384 e. The van der Waals surface area contributed by atoms with Crippen LogP contribution in [0.1, 0.15) is 58.7 Å². The number of aromatic nitrogens is 3. The molecule has 0 unspecified atom stereocenters. The number of hydrogen-bond donors (Lipinski definition) is 2. The summed E-state index contributed by atoms with van der Waals surface area (Å²) < 4.78 is 6.35. The predicted octanol–water partition coefficient (Wildman–Crippen LogP) is 4.96. The summed E-state index contributed by atoms with van der Waals surface area (Å²) in [6.45, 7) is 14.1. The van der Waals surface area contributed by atoms with Gasteiger partial charge in [0.2, 0.25) is 5.95 Å². The van der Waals surface area contributed by atoms with Crippen LogP contribution < -0.4 is 15.1 Å². The van der Waals surface area contributed by atoms with Gasteiger partial charge in [0.1, 0.15) is 17.2 Å². The van der Waals surface area contributed by atoms with Crippen molar-refractivity contribution in [2.75, 3.05) is 48.4 Å². The molecule has 3 aromatic rings. The van der Waals surface area contributed by atoms with Gasteiger partial charge < -0.3 is 29.9 Å². The number of nitrogens with zero attached hydrogens (tertiary/aromatic N) is 6. The van der Waals surface area contributed by atoms with Crippen LogP contribution in [0.4, 0.5) is 29.0 Å². The maximum absolute atomic E-state index is 10.7. The first kappa shape index (κ1) is 27.6. The van der Waals surface area contributed by atoms with Crippen molar-refractivity contribution < 1.29 is 9.84 Å². The Labute approximate surface area is 248 Å². The Hall–Kier alpha value is -3.27. The van der Waals surface area contributed by atoms with Gasteiger partial charge in [0.15, 0.2) is 0 Å². The minimum atomic E-state index is -1.05. The molecule has 7 rings (SSSR count). The lowest BCUT2D eigenvalue weighted by Gasteiger charge is -2.46. The maximum Gasteiger partial charge on any atom is 0.229 e. The molecule has 42 heavy (non-hydrogen) atoms. The number of hydrogen-bond acceptors (Lipinski definition) is 9. The normalized spacial score (nSPS) is 28.5. The van der Waals surface area contributed by atoms with Gasteiger partial charge in [-0.15, -0.1) is 0 Å². The van der Waals surface area contributed by atoms with Crippen molar-refractivity contribution >= 4 is 29.0 Å². The summed E-state index contributed by atoms with van der Waals surface area (Å²) in [4.78, 5) is 22.1. The van der Waals surface area contributed by atoms with Crippen molar-refractivity contribution in [2.24, 2.45) is 5.92 Å². The molecule has 4 atom stereocenters. The molecule has 0 bridgehead atoms. The number of fused-ring (bicyclic) bond motifs is 4. The summed E-state index contributed by atoms with van der Waals surface area (Å²) in [7, 11) is 2.25. The van der Waals surface area contributed by atoms with Crippen LogP contribution >= 0.6 is 0 Å². The summed E-state index contributed by atoms with van der Waals surface area (Å²) in [5, 5.41) is 14.2. The summed E-state index contributed by atoms with van der Waals surface area (Å²) in [6, 6.07) is 15.2. The molecule has 9 nitrogen and oxygen atoms in total. The fraction of sp³-hybridized carbons (Fsp3) is 0.545. The van der Waals surface area contributed by atoms with E-state index in [0.717, 1.165) is 48.3 Å². The van der Waals surface area contributed by atoms with E-state index in [1.54, 1.807) is 13.8 Å². The number of pyridine rings is 1. The molecule has 0 aliphatic carbocycles. The van der Waals surface area contributed by atoms with Crippen molar-refractivity contribution in [3.8, 4) is 0 Å². The van der Waals surface area contributed by atoms with Crippen LogP contribution in [0.25, 0.3) is 0 Å². The topological polar surface area (TPSA) is 89.9 Å². The zero-order valence-corrected chi connectivity index (χ0v) is 25.6. The molecule has 1 aromatic carbocycles. The van der Waals surface area contributed by atoms with Gasteiger partial charge in [0.25, 0.3) is 0 Å². The molecule has 0 amide bonds. The van der Waals surface area contributed by atoms with E-state index >= 15 is 0 Å². The molecule has 6 heterocycles. The average Bonchev–Trinajstić information content (AvgIpc) is 3.59. The fourth-order valence-corrected chi connectivity index (χ4v) is 7.43. The predicted molar refractivity (Wildman–Crippen MR) is 166 cm³/mol.